The van der Waals surface area contributed by atoms with Gasteiger partial charge in [0, 0.05) is 10.3 Å². The third-order valence-electron chi connectivity index (χ3n) is 6.04. The molecular formula is C17H26N2O8. The zero-order valence-corrected chi connectivity index (χ0v) is 16.0. The molecule has 6 unspecified atom stereocenters. The van der Waals surface area contributed by atoms with Crippen molar-refractivity contribution in [1.29, 1.82) is 0 Å². The molecule has 27 heavy (non-hydrogen) atoms. The number of carbonyl (C=O) groups is 3. The molecule has 10 heteroatoms. The molecule has 0 aliphatic heterocycles. The van der Waals surface area contributed by atoms with Crippen LogP contribution in [0.2, 0.25) is 0 Å². The lowest BCUT2D eigenvalue weighted by Crippen LogP contribution is -2.66. The maximum Gasteiger partial charge on any atom is 0.408 e. The number of hydrogen-bond donors (Lipinski definition) is 3. The lowest BCUT2D eigenvalue weighted by atomic mass is 9.70. The van der Waals surface area contributed by atoms with Crippen molar-refractivity contribution in [2.24, 2.45) is 23.2 Å². The highest BCUT2D eigenvalue weighted by atomic mass is 16.6. The second kappa shape index (κ2) is 6.35. The second-order valence-electron chi connectivity index (χ2n) is 8.27. The molecule has 2 rings (SSSR count). The van der Waals surface area contributed by atoms with Crippen LogP contribution < -0.4 is 5.32 Å². The molecule has 6 atom stereocenters. The van der Waals surface area contributed by atoms with E-state index in [1.165, 1.54) is 0 Å². The number of hydrogen-bond acceptors (Lipinski definition) is 6. The van der Waals surface area contributed by atoms with Crippen molar-refractivity contribution in [3.05, 3.63) is 10.1 Å². The zero-order valence-electron chi connectivity index (χ0n) is 16.0. The van der Waals surface area contributed by atoms with E-state index < -0.39 is 63.3 Å². The number of nitro groups is 1. The molecule has 0 aromatic carbocycles. The molecule has 152 valence electrons. The van der Waals surface area contributed by atoms with Gasteiger partial charge < -0.3 is 20.3 Å². The fourth-order valence-corrected chi connectivity index (χ4v) is 5.35. The Bertz CT molecular complexity index is 687. The number of nitrogens with zero attached hydrogens (tertiary/aromatic N) is 1. The van der Waals surface area contributed by atoms with Crippen LogP contribution in [0, 0.1) is 33.3 Å². The van der Waals surface area contributed by atoms with E-state index >= 15 is 0 Å². The molecule has 0 saturated heterocycles. The second-order valence-corrected chi connectivity index (χ2v) is 8.27. The molecule has 2 aliphatic carbocycles. The molecule has 2 saturated carbocycles. The Balaban J connectivity index is 2.63. The summed E-state index contributed by atoms with van der Waals surface area (Å²) in [5.74, 6) is -6.00. The van der Waals surface area contributed by atoms with Gasteiger partial charge in [-0.25, -0.2) is 9.59 Å². The van der Waals surface area contributed by atoms with Crippen molar-refractivity contribution < 1.29 is 34.3 Å². The van der Waals surface area contributed by atoms with Crippen LogP contribution in [0.15, 0.2) is 0 Å². The SMILES string of the molecule is CCC1C([N+](=O)[O-])C2C(C(=O)O)C2(CC)C1(NC(=O)OC(C)(C)C)C(=O)O. The van der Waals surface area contributed by atoms with Crippen LogP contribution in [-0.2, 0) is 14.3 Å². The Hall–Kier alpha value is -2.39. The van der Waals surface area contributed by atoms with E-state index in [9.17, 15) is 34.7 Å². The number of carbonyl (C=O) groups excluding carboxylic acids is 1. The third-order valence-corrected chi connectivity index (χ3v) is 6.04. The van der Waals surface area contributed by atoms with Gasteiger partial charge in [-0.05, 0) is 33.6 Å². The largest absolute Gasteiger partial charge is 0.481 e. The van der Waals surface area contributed by atoms with E-state index in [2.05, 4.69) is 5.32 Å². The molecule has 0 aromatic rings. The molecule has 0 heterocycles. The molecule has 10 nitrogen and oxygen atoms in total. The average Bonchev–Trinajstić information content (AvgIpc) is 3.11. The van der Waals surface area contributed by atoms with Gasteiger partial charge in [0.25, 0.3) is 0 Å². The summed E-state index contributed by atoms with van der Waals surface area (Å²) in [7, 11) is 0. The number of fused-ring (bicyclic) bond motifs is 1. The normalized spacial score (nSPS) is 37.2. The van der Waals surface area contributed by atoms with Gasteiger partial charge >= 0.3 is 18.0 Å². The van der Waals surface area contributed by atoms with Crippen molar-refractivity contribution in [3.8, 4) is 0 Å². The summed E-state index contributed by atoms with van der Waals surface area (Å²) in [5.41, 5.74) is -4.45. The number of nitrogens with one attached hydrogen (secondary N) is 1. The Kier molecular flexibility index (Phi) is 4.92. The minimum Gasteiger partial charge on any atom is -0.481 e. The third kappa shape index (κ3) is 2.72. The van der Waals surface area contributed by atoms with E-state index in [1.807, 2.05) is 0 Å². The number of aliphatic carboxylic acids is 2. The number of alkyl carbamates (subject to hydrolysis) is 1. The van der Waals surface area contributed by atoms with Crippen LogP contribution in [-0.4, -0.2) is 50.4 Å². The first-order valence-electron chi connectivity index (χ1n) is 8.92. The minimum atomic E-state index is -2.09. The van der Waals surface area contributed by atoms with Gasteiger partial charge in [-0.2, -0.15) is 0 Å². The molecule has 2 fully saturated rings. The van der Waals surface area contributed by atoms with Crippen LogP contribution in [0.3, 0.4) is 0 Å². The highest BCUT2D eigenvalue weighted by Gasteiger charge is 2.91. The first-order valence-corrected chi connectivity index (χ1v) is 8.92. The Morgan fingerprint density at radius 1 is 1.22 bits per heavy atom. The Morgan fingerprint density at radius 3 is 2.11 bits per heavy atom. The van der Waals surface area contributed by atoms with Crippen molar-refractivity contribution in [2.45, 2.75) is 64.6 Å². The smallest absolute Gasteiger partial charge is 0.408 e. The number of rotatable bonds is 6. The average molecular weight is 386 g/mol. The summed E-state index contributed by atoms with van der Waals surface area (Å²) in [4.78, 5) is 47.8. The lowest BCUT2D eigenvalue weighted by Gasteiger charge is -2.40. The van der Waals surface area contributed by atoms with Gasteiger partial charge in [0.05, 0.1) is 17.8 Å². The minimum absolute atomic E-state index is 0.0670. The van der Waals surface area contributed by atoms with Gasteiger partial charge in [0.15, 0.2) is 5.54 Å². The topological polar surface area (TPSA) is 156 Å². The van der Waals surface area contributed by atoms with Gasteiger partial charge in [0.2, 0.25) is 6.04 Å². The predicted molar refractivity (Wildman–Crippen MR) is 91.6 cm³/mol. The molecule has 0 radical (unpaired) electrons. The highest BCUT2D eigenvalue weighted by Crippen LogP contribution is 2.76. The first-order chi connectivity index (χ1) is 12.3. The molecule has 2 aliphatic rings. The van der Waals surface area contributed by atoms with Crippen LogP contribution in [0.1, 0.15) is 47.5 Å². The van der Waals surface area contributed by atoms with Crippen LogP contribution in [0.4, 0.5) is 4.79 Å². The summed E-state index contributed by atoms with van der Waals surface area (Å²) >= 11 is 0. The van der Waals surface area contributed by atoms with Gasteiger partial charge in [-0.1, -0.05) is 13.8 Å². The molecule has 3 N–H and O–H groups in total. The van der Waals surface area contributed by atoms with E-state index in [4.69, 9.17) is 4.74 Å². The van der Waals surface area contributed by atoms with Gasteiger partial charge in [-0.3, -0.25) is 14.9 Å². The summed E-state index contributed by atoms with van der Waals surface area (Å²) in [5, 5.41) is 33.8. The zero-order chi connectivity index (χ0) is 20.9. The van der Waals surface area contributed by atoms with E-state index in [1.54, 1.807) is 34.6 Å². The van der Waals surface area contributed by atoms with Gasteiger partial charge in [0.1, 0.15) is 5.60 Å². The highest BCUT2D eigenvalue weighted by molar-refractivity contribution is 5.91. The maximum atomic E-state index is 12.4. The standard InChI is InChI=1S/C17H26N2O8/c1-6-8-11(19(25)26)9-10(12(20)21)16(9,7-2)17(8,13(22)23)18-14(24)27-15(3,4)5/h8-11H,6-7H2,1-5H3,(H,18,24)(H,20,21)(H,22,23). The van der Waals surface area contributed by atoms with Crippen molar-refractivity contribution in [3.63, 3.8) is 0 Å². The molecule has 0 bridgehead atoms. The summed E-state index contributed by atoms with van der Waals surface area (Å²) in [6.07, 6.45) is -0.870. The van der Waals surface area contributed by atoms with Crippen LogP contribution in [0.5, 0.6) is 0 Å². The molecular weight excluding hydrogens is 360 g/mol. The van der Waals surface area contributed by atoms with Crippen LogP contribution >= 0.6 is 0 Å². The Morgan fingerprint density at radius 2 is 1.78 bits per heavy atom. The monoisotopic (exact) mass is 386 g/mol. The van der Waals surface area contributed by atoms with E-state index in [0.29, 0.717) is 0 Å². The van der Waals surface area contributed by atoms with Crippen molar-refractivity contribution >= 4 is 18.0 Å². The lowest BCUT2D eigenvalue weighted by molar-refractivity contribution is -0.535. The molecule has 0 spiro atoms. The maximum absolute atomic E-state index is 12.4. The van der Waals surface area contributed by atoms with E-state index in [-0.39, 0.29) is 12.8 Å². The molecule has 0 aromatic heterocycles. The van der Waals surface area contributed by atoms with Crippen molar-refractivity contribution in [1.82, 2.24) is 5.32 Å². The predicted octanol–water partition coefficient (Wildman–Crippen LogP) is 1.75. The number of amides is 1. The number of carboxylic acid groups (broad SMARTS) is 2. The van der Waals surface area contributed by atoms with Crippen molar-refractivity contribution in [2.75, 3.05) is 0 Å². The number of carboxylic acids is 2. The van der Waals surface area contributed by atoms with Gasteiger partial charge in [-0.15, -0.1) is 0 Å². The summed E-state index contributed by atoms with van der Waals surface area (Å²) < 4.78 is 5.18. The van der Waals surface area contributed by atoms with Crippen LogP contribution in [0.25, 0.3) is 0 Å². The Labute approximate surface area is 156 Å². The summed E-state index contributed by atoms with van der Waals surface area (Å²) in [6, 6.07) is -1.37. The quantitative estimate of drug-likeness (QED) is 0.460. The summed E-state index contributed by atoms with van der Waals surface area (Å²) in [6.45, 7) is 7.99. The van der Waals surface area contributed by atoms with E-state index in [0.717, 1.165) is 0 Å². The fourth-order valence-electron chi connectivity index (χ4n) is 5.35. The fraction of sp³-hybridized carbons (Fsp3) is 0.824. The first kappa shape index (κ1) is 20.9. The molecule has 1 amide bonds. The number of ether oxygens (including phenoxy) is 1.